The summed E-state index contributed by atoms with van der Waals surface area (Å²) >= 11 is 6.39. The van der Waals surface area contributed by atoms with Crippen LogP contribution in [-0.4, -0.2) is 23.3 Å². The lowest BCUT2D eigenvalue weighted by atomic mass is 10.0. The Kier molecular flexibility index (Phi) is 4.54. The van der Waals surface area contributed by atoms with Gasteiger partial charge in [-0.3, -0.25) is 0 Å². The van der Waals surface area contributed by atoms with E-state index in [9.17, 15) is 0 Å². The van der Waals surface area contributed by atoms with E-state index in [1.807, 2.05) is 19.1 Å². The van der Waals surface area contributed by atoms with E-state index in [1.165, 1.54) is 0 Å². The van der Waals surface area contributed by atoms with E-state index in [0.29, 0.717) is 24.0 Å². The zero-order valence-electron chi connectivity index (χ0n) is 13.0. The summed E-state index contributed by atoms with van der Waals surface area (Å²) in [5, 5.41) is 0.633. The number of aryl methyl sites for hydroxylation is 1. The molecule has 2 aromatic rings. The largest absolute Gasteiger partial charge is 0.399 e. The van der Waals surface area contributed by atoms with Crippen molar-refractivity contribution in [1.29, 1.82) is 0 Å². The fourth-order valence-corrected chi connectivity index (χ4v) is 3.10. The zero-order valence-corrected chi connectivity index (χ0v) is 13.8. The van der Waals surface area contributed by atoms with Gasteiger partial charge in [0.15, 0.2) is 0 Å². The van der Waals surface area contributed by atoms with Gasteiger partial charge in [-0.05, 0) is 44.0 Å². The minimum absolute atomic E-state index is 0.0146. The molecule has 0 radical (unpaired) electrons. The first kappa shape index (κ1) is 15.8. The van der Waals surface area contributed by atoms with Crippen LogP contribution in [0.4, 0.5) is 17.3 Å². The van der Waals surface area contributed by atoms with Gasteiger partial charge in [0, 0.05) is 18.0 Å². The number of anilines is 3. The van der Waals surface area contributed by atoms with Gasteiger partial charge in [-0.2, -0.15) is 0 Å². The lowest BCUT2D eigenvalue weighted by Crippen LogP contribution is -2.30. The number of halogens is 1. The molecule has 7 heteroatoms. The molecule has 1 aliphatic rings. The molecule has 2 heterocycles. The van der Waals surface area contributed by atoms with Crippen molar-refractivity contribution in [3.63, 3.8) is 0 Å². The van der Waals surface area contributed by atoms with Gasteiger partial charge in [-0.15, -0.1) is 0 Å². The molecule has 1 aromatic heterocycles. The predicted molar refractivity (Wildman–Crippen MR) is 92.3 cm³/mol. The minimum Gasteiger partial charge on any atom is -0.399 e. The van der Waals surface area contributed by atoms with E-state index in [2.05, 4.69) is 14.9 Å². The maximum Gasteiger partial charge on any atom is 0.220 e. The average Bonchev–Trinajstić information content (AvgIpc) is 2.74. The Morgan fingerprint density at radius 1 is 1.26 bits per heavy atom. The first-order chi connectivity index (χ1) is 11.0. The fraction of sp³-hybridized carbons (Fsp3) is 0.375. The Balaban J connectivity index is 2.05. The highest BCUT2D eigenvalue weighted by molar-refractivity contribution is 6.33. The summed E-state index contributed by atoms with van der Waals surface area (Å²) in [6, 6.07) is 7.42. The first-order valence-electron chi connectivity index (χ1n) is 7.55. The molecule has 1 aliphatic heterocycles. The Bertz CT molecular complexity index is 689. The molecule has 1 saturated heterocycles. The van der Waals surface area contributed by atoms with E-state index in [4.69, 9.17) is 27.8 Å². The molecule has 1 unspecified atom stereocenters. The van der Waals surface area contributed by atoms with Crippen molar-refractivity contribution in [3.05, 3.63) is 40.7 Å². The number of aromatic nitrogens is 2. The number of nitrogens with two attached hydrogens (primary N) is 2. The molecule has 0 bridgehead atoms. The highest BCUT2D eigenvalue weighted by atomic mass is 35.5. The number of nitrogen functional groups attached to an aromatic ring is 2. The van der Waals surface area contributed by atoms with Crippen molar-refractivity contribution in [3.8, 4) is 0 Å². The molecular weight excluding hydrogens is 314 g/mol. The molecule has 1 fully saturated rings. The van der Waals surface area contributed by atoms with Crippen molar-refractivity contribution in [1.82, 2.24) is 9.97 Å². The molecule has 4 N–H and O–H groups in total. The van der Waals surface area contributed by atoms with Crippen LogP contribution in [-0.2, 0) is 4.74 Å². The molecule has 0 saturated carbocycles. The SMILES string of the molecule is Cc1cc(C2CCCOCN2c2cc(N)ccc2Cl)nc(N)n1. The van der Waals surface area contributed by atoms with Crippen LogP contribution >= 0.6 is 11.6 Å². The summed E-state index contributed by atoms with van der Waals surface area (Å²) < 4.78 is 5.72. The summed E-state index contributed by atoms with van der Waals surface area (Å²) in [6.07, 6.45) is 1.82. The van der Waals surface area contributed by atoms with Crippen LogP contribution in [0, 0.1) is 6.92 Å². The van der Waals surface area contributed by atoms with Crippen molar-refractivity contribution in [2.75, 3.05) is 29.7 Å². The van der Waals surface area contributed by atoms with Crippen LogP contribution in [0.5, 0.6) is 0 Å². The Morgan fingerprint density at radius 3 is 2.87 bits per heavy atom. The van der Waals surface area contributed by atoms with E-state index in [-0.39, 0.29) is 12.0 Å². The number of benzene rings is 1. The Hall–Kier alpha value is -2.05. The van der Waals surface area contributed by atoms with Crippen LogP contribution < -0.4 is 16.4 Å². The normalized spacial score (nSPS) is 18.7. The van der Waals surface area contributed by atoms with Crippen LogP contribution in [0.3, 0.4) is 0 Å². The van der Waals surface area contributed by atoms with Crippen molar-refractivity contribution >= 4 is 28.9 Å². The van der Waals surface area contributed by atoms with Crippen LogP contribution in [0.15, 0.2) is 24.3 Å². The molecule has 6 nitrogen and oxygen atoms in total. The van der Waals surface area contributed by atoms with E-state index in [1.54, 1.807) is 12.1 Å². The maximum absolute atomic E-state index is 6.39. The van der Waals surface area contributed by atoms with Gasteiger partial charge >= 0.3 is 0 Å². The average molecular weight is 334 g/mol. The second kappa shape index (κ2) is 6.60. The third kappa shape index (κ3) is 3.48. The van der Waals surface area contributed by atoms with E-state index in [0.717, 1.165) is 29.9 Å². The highest BCUT2D eigenvalue weighted by Crippen LogP contribution is 2.37. The van der Waals surface area contributed by atoms with Gasteiger partial charge < -0.3 is 21.1 Å². The Labute approximate surface area is 140 Å². The highest BCUT2D eigenvalue weighted by Gasteiger charge is 2.26. The second-order valence-corrected chi connectivity index (χ2v) is 6.08. The number of rotatable bonds is 2. The number of hydrogen-bond donors (Lipinski definition) is 2. The van der Waals surface area contributed by atoms with Gasteiger partial charge in [0.2, 0.25) is 5.95 Å². The molecule has 0 spiro atoms. The minimum atomic E-state index is 0.0146. The zero-order chi connectivity index (χ0) is 16.4. The molecule has 23 heavy (non-hydrogen) atoms. The topological polar surface area (TPSA) is 90.3 Å². The quantitative estimate of drug-likeness (QED) is 0.821. The third-order valence-electron chi connectivity index (χ3n) is 3.89. The monoisotopic (exact) mass is 333 g/mol. The lowest BCUT2D eigenvalue weighted by Gasteiger charge is -2.32. The fourth-order valence-electron chi connectivity index (χ4n) is 2.87. The van der Waals surface area contributed by atoms with Gasteiger partial charge in [0.05, 0.1) is 22.4 Å². The van der Waals surface area contributed by atoms with Crippen LogP contribution in [0.25, 0.3) is 0 Å². The third-order valence-corrected chi connectivity index (χ3v) is 4.20. The number of ether oxygens (including phenoxy) is 1. The predicted octanol–water partition coefficient (Wildman–Crippen LogP) is 2.92. The summed E-state index contributed by atoms with van der Waals surface area (Å²) in [6.45, 7) is 3.04. The molecule has 0 amide bonds. The summed E-state index contributed by atoms with van der Waals surface area (Å²) in [5.41, 5.74) is 15.0. The molecule has 122 valence electrons. The standard InChI is InChI=1S/C16H20ClN5O/c1-10-7-13(21-16(19)20-10)14-3-2-6-23-9-22(14)15-8-11(18)4-5-12(15)17/h4-5,7-8,14H,2-3,6,9,18H2,1H3,(H2,19,20,21). The van der Waals surface area contributed by atoms with Gasteiger partial charge in [-0.25, -0.2) is 9.97 Å². The van der Waals surface area contributed by atoms with E-state index >= 15 is 0 Å². The summed E-state index contributed by atoms with van der Waals surface area (Å²) in [5.74, 6) is 0.281. The molecular formula is C16H20ClN5O. The van der Waals surface area contributed by atoms with Crippen LogP contribution in [0.2, 0.25) is 5.02 Å². The Morgan fingerprint density at radius 2 is 2.09 bits per heavy atom. The molecule has 1 atom stereocenters. The van der Waals surface area contributed by atoms with Crippen molar-refractivity contribution in [2.24, 2.45) is 0 Å². The van der Waals surface area contributed by atoms with Crippen LogP contribution in [0.1, 0.15) is 30.3 Å². The van der Waals surface area contributed by atoms with Crippen molar-refractivity contribution < 1.29 is 4.74 Å². The number of nitrogens with zero attached hydrogens (tertiary/aromatic N) is 3. The molecule has 3 rings (SSSR count). The second-order valence-electron chi connectivity index (χ2n) is 5.67. The van der Waals surface area contributed by atoms with E-state index < -0.39 is 0 Å². The first-order valence-corrected chi connectivity index (χ1v) is 7.93. The summed E-state index contributed by atoms with van der Waals surface area (Å²) in [4.78, 5) is 10.7. The van der Waals surface area contributed by atoms with Crippen molar-refractivity contribution in [2.45, 2.75) is 25.8 Å². The lowest BCUT2D eigenvalue weighted by molar-refractivity contribution is 0.144. The molecule has 0 aliphatic carbocycles. The molecule has 1 aromatic carbocycles. The van der Waals surface area contributed by atoms with Gasteiger partial charge in [0.1, 0.15) is 6.73 Å². The smallest absolute Gasteiger partial charge is 0.220 e. The number of hydrogen-bond acceptors (Lipinski definition) is 6. The summed E-state index contributed by atoms with van der Waals surface area (Å²) in [7, 11) is 0. The maximum atomic E-state index is 6.39. The van der Waals surface area contributed by atoms with Gasteiger partial charge in [-0.1, -0.05) is 11.6 Å². The van der Waals surface area contributed by atoms with Gasteiger partial charge in [0.25, 0.3) is 0 Å².